The lowest BCUT2D eigenvalue weighted by Crippen LogP contribution is -2.38. The zero-order chi connectivity index (χ0) is 40.5. The Morgan fingerprint density at radius 1 is 0.982 bits per heavy atom. The van der Waals surface area contributed by atoms with Crippen LogP contribution in [-0.4, -0.2) is 109 Å². The second-order valence-electron chi connectivity index (χ2n) is 16.0. The lowest BCUT2D eigenvalue weighted by atomic mass is 10.0. The summed E-state index contributed by atoms with van der Waals surface area (Å²) in [5.74, 6) is -0.428. The van der Waals surface area contributed by atoms with Crippen molar-refractivity contribution in [2.24, 2.45) is 0 Å². The van der Waals surface area contributed by atoms with Crippen molar-refractivity contribution in [3.63, 3.8) is 0 Å². The van der Waals surface area contributed by atoms with Gasteiger partial charge in [-0.05, 0) is 49.6 Å². The van der Waals surface area contributed by atoms with Gasteiger partial charge in [-0.3, -0.25) is 4.57 Å². The molecule has 2 aromatic carbocycles. The summed E-state index contributed by atoms with van der Waals surface area (Å²) in [7, 11) is 0.0365. The number of hydrogen-bond acceptors (Lipinski definition) is 11. The lowest BCUT2D eigenvalue weighted by molar-refractivity contribution is -0.160. The van der Waals surface area contributed by atoms with E-state index < -0.39 is 31.8 Å². The third kappa shape index (κ3) is 12.2. The molecular formula is C41H55ClN4O9Si. The van der Waals surface area contributed by atoms with E-state index in [9.17, 15) is 9.59 Å². The fraction of sp³-hybridized carbons (Fsp3) is 0.512. The zero-order valence-corrected chi connectivity index (χ0v) is 35.3. The van der Waals surface area contributed by atoms with Gasteiger partial charge in [0.1, 0.15) is 18.4 Å². The number of hydrogen-bond donors (Lipinski definition) is 1. The van der Waals surface area contributed by atoms with Crippen LogP contribution in [0.1, 0.15) is 39.2 Å². The summed E-state index contributed by atoms with van der Waals surface area (Å²) in [4.78, 5) is 36.4. The van der Waals surface area contributed by atoms with Crippen molar-refractivity contribution < 1.29 is 43.1 Å². The molecule has 304 valence electrons. The fourth-order valence-corrected chi connectivity index (χ4v) is 7.03. The van der Waals surface area contributed by atoms with Crippen LogP contribution in [0.4, 0.5) is 4.79 Å². The Morgan fingerprint density at radius 2 is 1.66 bits per heavy atom. The number of aromatic nitrogens is 3. The van der Waals surface area contributed by atoms with Gasteiger partial charge in [0.2, 0.25) is 0 Å². The molecule has 1 N–H and O–H groups in total. The first kappa shape index (κ1) is 43.1. The Bertz CT molecular complexity index is 1910. The molecule has 1 aliphatic heterocycles. The van der Waals surface area contributed by atoms with E-state index in [0.29, 0.717) is 67.0 Å². The smallest absolute Gasteiger partial charge is 0.410 e. The minimum absolute atomic E-state index is 0.0799. The Hall–Kier alpha value is -4.05. The Morgan fingerprint density at radius 3 is 2.30 bits per heavy atom. The number of aliphatic hydroxyl groups is 1. The molecule has 2 atom stereocenters. The summed E-state index contributed by atoms with van der Waals surface area (Å²) >= 11 is 6.92. The van der Waals surface area contributed by atoms with E-state index in [1.807, 2.05) is 79.9 Å². The first-order valence-electron chi connectivity index (χ1n) is 19.0. The molecule has 0 radical (unpaired) electrons. The minimum atomic E-state index is -1.31. The third-order valence-electron chi connectivity index (χ3n) is 9.06. The highest BCUT2D eigenvalue weighted by atomic mass is 35.5. The molecule has 1 fully saturated rings. The van der Waals surface area contributed by atoms with Gasteiger partial charge in [-0.15, -0.1) is 0 Å². The number of methoxy groups -OCH3 is 1. The number of halogens is 1. The normalized spacial score (nSPS) is 16.2. The summed E-state index contributed by atoms with van der Waals surface area (Å²) in [5.41, 5.74) is 4.85. The Balaban J connectivity index is 1.33. The van der Waals surface area contributed by atoms with Gasteiger partial charge in [0, 0.05) is 46.2 Å². The Kier molecular flexibility index (Phi) is 14.9. The monoisotopic (exact) mass is 810 g/mol. The zero-order valence-electron chi connectivity index (χ0n) is 33.5. The van der Waals surface area contributed by atoms with Gasteiger partial charge >= 0.3 is 18.1 Å². The summed E-state index contributed by atoms with van der Waals surface area (Å²) in [6.45, 7) is 14.7. The molecule has 1 saturated heterocycles. The van der Waals surface area contributed by atoms with Gasteiger partial charge < -0.3 is 38.4 Å². The molecule has 0 unspecified atom stereocenters. The van der Waals surface area contributed by atoms with Crippen LogP contribution in [0.2, 0.25) is 30.7 Å². The maximum absolute atomic E-state index is 12.9. The molecule has 15 heteroatoms. The van der Waals surface area contributed by atoms with E-state index in [1.165, 1.54) is 7.11 Å². The number of fused-ring (bicyclic) bond motifs is 1. The number of esters is 1. The molecule has 0 bridgehead atoms. The van der Waals surface area contributed by atoms with E-state index in [2.05, 4.69) is 19.6 Å². The van der Waals surface area contributed by atoms with Crippen molar-refractivity contribution in [3.05, 3.63) is 65.2 Å². The quantitative estimate of drug-likeness (QED) is 0.0641. The number of nitrogens with zero attached hydrogens (tertiary/aromatic N) is 4. The Labute approximate surface area is 335 Å². The van der Waals surface area contributed by atoms with Crippen LogP contribution in [-0.2, 0) is 41.8 Å². The van der Waals surface area contributed by atoms with Gasteiger partial charge in [-0.1, -0.05) is 79.8 Å². The summed E-state index contributed by atoms with van der Waals surface area (Å²) in [6, 6.07) is 19.2. The number of amides is 1. The predicted octanol–water partition coefficient (Wildman–Crippen LogP) is 7.58. The van der Waals surface area contributed by atoms with Gasteiger partial charge in [-0.2, -0.15) is 4.98 Å². The number of aliphatic hydroxyl groups excluding tert-OH is 1. The fourth-order valence-electron chi connectivity index (χ4n) is 6.02. The number of imidazole rings is 1. The molecule has 1 amide bonds. The van der Waals surface area contributed by atoms with Crippen LogP contribution in [0, 0.1) is 0 Å². The topological polar surface area (TPSA) is 144 Å². The van der Waals surface area contributed by atoms with Crippen molar-refractivity contribution in [1.29, 1.82) is 0 Å². The standard InChI is InChI=1S/C41H55ClN4O9Si/c1-41(2,3)55-40(49)45(17-20-51-21-18-47)26-28-8-10-29(11-9-28)30-12-14-31(15-13-30)36-33(42)25-34-37(43-36)44-39(46(34)27-52-22-23-56(5,6)7)54-32-16-19-53-35(24-32)38(48)50-4/h8-15,25,32,35,47H,16-24,26-27H2,1-7H3/t32-,35+/m0/s1. The van der Waals surface area contributed by atoms with E-state index in [1.54, 1.807) is 4.90 Å². The minimum Gasteiger partial charge on any atom is -0.467 e. The van der Waals surface area contributed by atoms with E-state index in [-0.39, 0.29) is 32.7 Å². The highest BCUT2D eigenvalue weighted by Gasteiger charge is 2.31. The van der Waals surface area contributed by atoms with Gasteiger partial charge in [-0.25, -0.2) is 14.6 Å². The van der Waals surface area contributed by atoms with Crippen molar-refractivity contribution in [1.82, 2.24) is 19.4 Å². The average Bonchev–Trinajstić information content (AvgIpc) is 3.48. The van der Waals surface area contributed by atoms with Crippen molar-refractivity contribution in [3.8, 4) is 28.4 Å². The van der Waals surface area contributed by atoms with Crippen molar-refractivity contribution >= 4 is 42.9 Å². The van der Waals surface area contributed by atoms with Crippen molar-refractivity contribution in [2.45, 2.75) is 90.4 Å². The molecule has 4 aromatic rings. The maximum Gasteiger partial charge on any atom is 0.410 e. The summed E-state index contributed by atoms with van der Waals surface area (Å²) in [5, 5.41) is 9.49. The molecule has 1 aliphatic rings. The molecule has 56 heavy (non-hydrogen) atoms. The lowest BCUT2D eigenvalue weighted by Gasteiger charge is -2.28. The first-order chi connectivity index (χ1) is 26.6. The molecule has 2 aromatic heterocycles. The molecule has 0 saturated carbocycles. The summed E-state index contributed by atoms with van der Waals surface area (Å²) < 4.78 is 35.9. The van der Waals surface area contributed by atoms with Crippen LogP contribution in [0.25, 0.3) is 33.5 Å². The van der Waals surface area contributed by atoms with Crippen LogP contribution in [0.3, 0.4) is 0 Å². The maximum atomic E-state index is 12.9. The molecule has 0 spiro atoms. The molecule has 5 rings (SSSR count). The number of rotatable bonds is 17. The molecule has 0 aliphatic carbocycles. The second-order valence-corrected chi connectivity index (χ2v) is 22.0. The SMILES string of the molecule is COC(=O)[C@H]1C[C@@H](Oc2nc3nc(-c4ccc(-c5ccc(CN(CCOCCO)C(=O)OC(C)(C)C)cc5)cc4)c(Cl)cc3n2COCC[Si](C)(C)C)CCO1. The van der Waals surface area contributed by atoms with Gasteiger partial charge in [0.25, 0.3) is 0 Å². The molecule has 13 nitrogen and oxygen atoms in total. The highest BCUT2D eigenvalue weighted by Crippen LogP contribution is 2.34. The second kappa shape index (κ2) is 19.4. The van der Waals surface area contributed by atoms with Crippen molar-refractivity contribution in [2.75, 3.05) is 46.7 Å². The third-order valence-corrected chi connectivity index (χ3v) is 11.1. The highest BCUT2D eigenvalue weighted by molar-refractivity contribution is 6.76. The average molecular weight is 811 g/mol. The number of pyridine rings is 1. The van der Waals surface area contributed by atoms with Gasteiger partial charge in [0.05, 0.1) is 49.8 Å². The van der Waals surface area contributed by atoms with E-state index >= 15 is 0 Å². The van der Waals surface area contributed by atoms with Crippen LogP contribution >= 0.6 is 11.6 Å². The summed E-state index contributed by atoms with van der Waals surface area (Å²) in [6.07, 6.45) is -0.513. The van der Waals surface area contributed by atoms with Gasteiger partial charge in [0.15, 0.2) is 11.8 Å². The van der Waals surface area contributed by atoms with Crippen LogP contribution < -0.4 is 4.74 Å². The number of carbonyl (C=O) groups excluding carboxylic acids is 2. The number of ether oxygens (including phenoxy) is 6. The van der Waals surface area contributed by atoms with E-state index in [4.69, 9.17) is 55.1 Å². The predicted molar refractivity (Wildman–Crippen MR) is 217 cm³/mol. The van der Waals surface area contributed by atoms with E-state index in [0.717, 1.165) is 28.3 Å². The van der Waals surface area contributed by atoms with Crippen LogP contribution in [0.15, 0.2) is 54.6 Å². The first-order valence-corrected chi connectivity index (χ1v) is 23.1. The largest absolute Gasteiger partial charge is 0.467 e. The van der Waals surface area contributed by atoms with Crippen LogP contribution in [0.5, 0.6) is 6.01 Å². The number of benzene rings is 2. The number of carbonyl (C=O) groups is 2. The molecule has 3 heterocycles. The molecular weight excluding hydrogens is 756 g/mol.